The number of nitrogens with one attached hydrogen (secondary N) is 1. The summed E-state index contributed by atoms with van der Waals surface area (Å²) in [7, 11) is 0. The Balaban J connectivity index is 1.26. The van der Waals surface area contributed by atoms with Gasteiger partial charge in [0.1, 0.15) is 5.75 Å². The Kier molecular flexibility index (Phi) is 9.34. The van der Waals surface area contributed by atoms with Crippen LogP contribution in [0.3, 0.4) is 0 Å². The van der Waals surface area contributed by atoms with Gasteiger partial charge >= 0.3 is 0 Å². The highest BCUT2D eigenvalue weighted by Crippen LogP contribution is 2.26. The molecule has 5 rings (SSSR count). The maximum absolute atomic E-state index is 13.6. The van der Waals surface area contributed by atoms with Crippen LogP contribution in [0.1, 0.15) is 66.4 Å². The average Bonchev–Trinajstić information content (AvgIpc) is 2.99. The zero-order valence-corrected chi connectivity index (χ0v) is 23.6. The number of nitrogens with zero attached hydrogens (tertiary/aromatic N) is 3. The van der Waals surface area contributed by atoms with Crippen LogP contribution in [0.4, 0.5) is 0 Å². The van der Waals surface area contributed by atoms with Gasteiger partial charge in [0, 0.05) is 30.3 Å². The first-order chi connectivity index (χ1) is 19.5. The third kappa shape index (κ3) is 6.83. The van der Waals surface area contributed by atoms with E-state index in [1.165, 1.54) is 57.0 Å². The van der Waals surface area contributed by atoms with Crippen molar-refractivity contribution in [1.29, 1.82) is 0 Å². The van der Waals surface area contributed by atoms with Crippen LogP contribution in [0.15, 0.2) is 59.7 Å². The lowest BCUT2D eigenvalue weighted by Gasteiger charge is -2.37. The smallest absolute Gasteiger partial charge is 0.271 e. The second kappa shape index (κ2) is 13.3. The molecule has 0 aromatic heterocycles. The highest BCUT2D eigenvalue weighted by atomic mass is 35.5. The summed E-state index contributed by atoms with van der Waals surface area (Å²) in [5.41, 5.74) is 4.65. The molecule has 2 heterocycles. The van der Waals surface area contributed by atoms with Gasteiger partial charge in [0.25, 0.3) is 5.91 Å². The number of hydrogen-bond donors (Lipinski definition) is 2. The van der Waals surface area contributed by atoms with E-state index in [1.807, 2.05) is 36.4 Å². The Bertz CT molecular complexity index is 1390. The van der Waals surface area contributed by atoms with Crippen molar-refractivity contribution in [2.45, 2.75) is 57.4 Å². The van der Waals surface area contributed by atoms with Gasteiger partial charge in [0.15, 0.2) is 0 Å². The topological polar surface area (TPSA) is 85.2 Å². The number of benzene rings is 3. The maximum Gasteiger partial charge on any atom is 0.271 e. The monoisotopic (exact) mass is 560 g/mol. The Hall–Kier alpha value is -3.42. The van der Waals surface area contributed by atoms with E-state index >= 15 is 0 Å². The molecule has 3 aromatic carbocycles. The van der Waals surface area contributed by atoms with E-state index in [4.69, 9.17) is 11.6 Å². The second-order valence-corrected chi connectivity index (χ2v) is 11.2. The zero-order valence-electron chi connectivity index (χ0n) is 22.8. The van der Waals surface area contributed by atoms with Gasteiger partial charge < -0.3 is 14.9 Å². The summed E-state index contributed by atoms with van der Waals surface area (Å²) < 4.78 is 0. The van der Waals surface area contributed by atoms with E-state index in [2.05, 4.69) is 20.3 Å². The number of amides is 2. The number of hydrazone groups is 1. The molecular formula is C32H37ClN4O3. The minimum atomic E-state index is -0.430. The molecule has 2 saturated heterocycles. The summed E-state index contributed by atoms with van der Waals surface area (Å²) in [6.45, 7) is 4.31. The molecule has 2 amide bonds. The van der Waals surface area contributed by atoms with Crippen LogP contribution < -0.4 is 5.43 Å². The number of phenolic OH excluding ortho intramolecular Hbond substituents is 1. The van der Waals surface area contributed by atoms with E-state index in [9.17, 15) is 14.7 Å². The largest absolute Gasteiger partial charge is 0.506 e. The van der Waals surface area contributed by atoms with E-state index in [0.717, 1.165) is 54.3 Å². The molecule has 0 aliphatic carbocycles. The van der Waals surface area contributed by atoms with Gasteiger partial charge in [-0.15, -0.1) is 0 Å². The fraction of sp³-hybridized carbons (Fsp3) is 0.406. The molecule has 2 aliphatic heterocycles. The zero-order chi connectivity index (χ0) is 27.9. The fourth-order valence-electron chi connectivity index (χ4n) is 5.93. The molecule has 2 fully saturated rings. The van der Waals surface area contributed by atoms with Crippen molar-refractivity contribution in [3.8, 4) is 5.75 Å². The van der Waals surface area contributed by atoms with E-state index < -0.39 is 5.91 Å². The van der Waals surface area contributed by atoms with Crippen LogP contribution in [-0.4, -0.2) is 65.2 Å². The normalized spacial score (nSPS) is 18.3. The predicted molar refractivity (Wildman–Crippen MR) is 160 cm³/mol. The van der Waals surface area contributed by atoms with Crippen LogP contribution in [-0.2, 0) is 11.2 Å². The number of hydrogen-bond acceptors (Lipinski definition) is 5. The van der Waals surface area contributed by atoms with Crippen molar-refractivity contribution in [1.82, 2.24) is 15.2 Å². The molecule has 1 atom stereocenters. The minimum absolute atomic E-state index is 0.0833. The van der Waals surface area contributed by atoms with Gasteiger partial charge in [0.2, 0.25) is 5.91 Å². The van der Waals surface area contributed by atoms with Crippen molar-refractivity contribution in [2.24, 2.45) is 5.10 Å². The predicted octanol–water partition coefficient (Wildman–Crippen LogP) is 5.76. The van der Waals surface area contributed by atoms with E-state index in [1.54, 1.807) is 6.21 Å². The number of halogens is 1. The van der Waals surface area contributed by atoms with Gasteiger partial charge in [-0.05, 0) is 86.1 Å². The molecular weight excluding hydrogens is 524 g/mol. The summed E-state index contributed by atoms with van der Waals surface area (Å²) in [6.07, 6.45) is 10.3. The quantitative estimate of drug-likeness (QED) is 0.271. The minimum Gasteiger partial charge on any atom is -0.506 e. The molecule has 2 N–H and O–H groups in total. The summed E-state index contributed by atoms with van der Waals surface area (Å²) in [5, 5.41) is 15.8. The highest BCUT2D eigenvalue weighted by Gasteiger charge is 2.27. The summed E-state index contributed by atoms with van der Waals surface area (Å²) in [4.78, 5) is 30.7. The Morgan fingerprint density at radius 1 is 0.975 bits per heavy atom. The van der Waals surface area contributed by atoms with Crippen molar-refractivity contribution in [3.63, 3.8) is 0 Å². The first-order valence-electron chi connectivity index (χ1n) is 14.3. The van der Waals surface area contributed by atoms with Crippen LogP contribution in [0.5, 0.6) is 5.75 Å². The molecule has 1 unspecified atom stereocenters. The number of carbonyl (C=O) groups excluding carboxylic acids is 2. The second-order valence-electron chi connectivity index (χ2n) is 10.8. The Labute approximate surface area is 240 Å². The van der Waals surface area contributed by atoms with Crippen LogP contribution in [0.2, 0.25) is 5.02 Å². The molecule has 0 radical (unpaired) electrons. The third-order valence-corrected chi connectivity index (χ3v) is 8.45. The molecule has 210 valence electrons. The number of likely N-dealkylation sites (tertiary alicyclic amines) is 2. The van der Waals surface area contributed by atoms with Crippen LogP contribution in [0, 0.1) is 0 Å². The number of carbonyl (C=O) groups is 2. The average molecular weight is 561 g/mol. The molecule has 2 aliphatic rings. The lowest BCUT2D eigenvalue weighted by molar-refractivity contribution is -0.134. The van der Waals surface area contributed by atoms with Crippen LogP contribution >= 0.6 is 11.6 Å². The molecule has 7 nitrogen and oxygen atoms in total. The molecule has 0 saturated carbocycles. The third-order valence-electron chi connectivity index (χ3n) is 8.14. The Morgan fingerprint density at radius 2 is 1.75 bits per heavy atom. The summed E-state index contributed by atoms with van der Waals surface area (Å²) in [6, 6.07) is 16.5. The van der Waals surface area contributed by atoms with Gasteiger partial charge in [-0.3, -0.25) is 9.59 Å². The number of phenols is 1. The highest BCUT2D eigenvalue weighted by molar-refractivity contribution is 6.32. The SMILES string of the molecule is O=C(N/N=C/c1ccc(CC(=O)N2CCCCC2CCN2CCCCC2)c2ccccc12)c1ccc(O)c(Cl)c1. The molecule has 40 heavy (non-hydrogen) atoms. The fourth-order valence-corrected chi connectivity index (χ4v) is 6.11. The van der Waals surface area contributed by atoms with E-state index in [-0.39, 0.29) is 16.7 Å². The molecule has 8 heteroatoms. The van der Waals surface area contributed by atoms with Gasteiger partial charge in [-0.2, -0.15) is 5.10 Å². The van der Waals surface area contributed by atoms with Crippen molar-refractivity contribution in [3.05, 3.63) is 76.3 Å². The number of fused-ring (bicyclic) bond motifs is 1. The molecule has 3 aromatic rings. The number of aromatic hydroxyl groups is 1. The molecule has 0 bridgehead atoms. The van der Waals surface area contributed by atoms with Gasteiger partial charge in [-0.1, -0.05) is 54.4 Å². The first-order valence-corrected chi connectivity index (χ1v) is 14.7. The summed E-state index contributed by atoms with van der Waals surface area (Å²) >= 11 is 5.91. The van der Waals surface area contributed by atoms with Gasteiger partial charge in [-0.25, -0.2) is 5.43 Å². The standard InChI is InChI=1S/C32H37ClN4O3/c33-29-20-24(13-14-30(29)38)32(40)35-34-22-25-12-11-23(27-9-2-3-10-28(25)27)21-31(39)37-18-7-4-8-26(37)15-19-36-16-5-1-6-17-36/h2-3,9-14,20,22,26,38H,1,4-8,15-19,21H2,(H,35,40)/b34-22+. The van der Waals surface area contributed by atoms with Gasteiger partial charge in [0.05, 0.1) is 17.7 Å². The maximum atomic E-state index is 13.6. The van der Waals surface area contributed by atoms with Crippen molar-refractivity contribution in [2.75, 3.05) is 26.2 Å². The number of rotatable bonds is 8. The lowest BCUT2D eigenvalue weighted by Crippen LogP contribution is -2.46. The van der Waals surface area contributed by atoms with Crippen molar-refractivity contribution < 1.29 is 14.7 Å². The number of piperidine rings is 2. The van der Waals surface area contributed by atoms with Crippen molar-refractivity contribution >= 4 is 40.4 Å². The Morgan fingerprint density at radius 3 is 2.55 bits per heavy atom. The summed E-state index contributed by atoms with van der Waals surface area (Å²) in [5.74, 6) is -0.309. The molecule has 0 spiro atoms. The lowest BCUT2D eigenvalue weighted by atomic mass is 9.95. The van der Waals surface area contributed by atoms with Crippen LogP contribution in [0.25, 0.3) is 10.8 Å². The van der Waals surface area contributed by atoms with E-state index in [0.29, 0.717) is 18.0 Å². The first kappa shape index (κ1) is 28.1.